The van der Waals surface area contributed by atoms with Gasteiger partial charge < -0.3 is 5.73 Å². The Morgan fingerprint density at radius 1 is 1.32 bits per heavy atom. The number of hydrogen-bond acceptors (Lipinski definition) is 5. The number of nitrogens with zero attached hydrogens (tertiary/aromatic N) is 2. The average molecular weight is 256 g/mol. The lowest BCUT2D eigenvalue weighted by molar-refractivity contribution is -0.134. The second kappa shape index (κ2) is 4.31. The van der Waals surface area contributed by atoms with Crippen LogP contribution in [0.1, 0.15) is 24.3 Å². The first-order valence-electron chi connectivity index (χ1n) is 5.98. The molecule has 1 aliphatic rings. The Hall–Kier alpha value is -2.50. The van der Waals surface area contributed by atoms with E-state index >= 15 is 0 Å². The van der Waals surface area contributed by atoms with Crippen molar-refractivity contribution in [3.05, 3.63) is 30.2 Å². The van der Waals surface area contributed by atoms with Gasteiger partial charge in [-0.05, 0) is 24.1 Å². The minimum Gasteiger partial charge on any atom is -0.398 e. The normalized spacial score (nSPS) is 19.5. The van der Waals surface area contributed by atoms with Crippen molar-refractivity contribution in [3.63, 3.8) is 0 Å². The molecular formula is C13H12N4O2. The molecule has 0 radical (unpaired) electrons. The molecule has 1 atom stereocenters. The van der Waals surface area contributed by atoms with Gasteiger partial charge in [0, 0.05) is 23.7 Å². The van der Waals surface area contributed by atoms with Crippen molar-refractivity contribution >= 4 is 28.4 Å². The Labute approximate surface area is 109 Å². The van der Waals surface area contributed by atoms with Crippen molar-refractivity contribution < 1.29 is 9.59 Å². The van der Waals surface area contributed by atoms with Gasteiger partial charge in [-0.25, -0.2) is 9.97 Å². The van der Waals surface area contributed by atoms with Crippen LogP contribution in [0.5, 0.6) is 0 Å². The molecule has 1 aromatic carbocycles. The van der Waals surface area contributed by atoms with Gasteiger partial charge in [-0.2, -0.15) is 0 Å². The zero-order chi connectivity index (χ0) is 13.4. The fourth-order valence-electron chi connectivity index (χ4n) is 2.35. The van der Waals surface area contributed by atoms with Gasteiger partial charge in [-0.3, -0.25) is 14.9 Å². The van der Waals surface area contributed by atoms with E-state index in [2.05, 4.69) is 15.3 Å². The number of benzene rings is 1. The number of fused-ring (bicyclic) bond motifs is 1. The topological polar surface area (TPSA) is 98.0 Å². The third-order valence-electron chi connectivity index (χ3n) is 3.32. The summed E-state index contributed by atoms with van der Waals surface area (Å²) in [7, 11) is 0. The van der Waals surface area contributed by atoms with Crippen molar-refractivity contribution in [2.24, 2.45) is 0 Å². The highest BCUT2D eigenvalue weighted by atomic mass is 16.2. The van der Waals surface area contributed by atoms with Crippen LogP contribution in [-0.2, 0) is 9.59 Å². The molecule has 0 spiro atoms. The van der Waals surface area contributed by atoms with Gasteiger partial charge in [0.05, 0.1) is 11.4 Å². The Morgan fingerprint density at radius 2 is 2.16 bits per heavy atom. The van der Waals surface area contributed by atoms with Gasteiger partial charge in [0.25, 0.3) is 0 Å². The summed E-state index contributed by atoms with van der Waals surface area (Å²) in [5.74, 6) is -0.847. The predicted molar refractivity (Wildman–Crippen MR) is 69.1 cm³/mol. The Morgan fingerprint density at radius 3 is 2.95 bits per heavy atom. The lowest BCUT2D eigenvalue weighted by Gasteiger charge is -2.21. The summed E-state index contributed by atoms with van der Waals surface area (Å²) in [5, 5.41) is 3.11. The van der Waals surface area contributed by atoms with Crippen LogP contribution in [0.15, 0.2) is 24.7 Å². The number of piperidine rings is 1. The summed E-state index contributed by atoms with van der Waals surface area (Å²) in [6, 6.07) is 3.58. The quantitative estimate of drug-likeness (QED) is 0.579. The minimum absolute atomic E-state index is 0.225. The second-order valence-electron chi connectivity index (χ2n) is 4.57. The highest BCUT2D eigenvalue weighted by Crippen LogP contribution is 2.29. The van der Waals surface area contributed by atoms with Crippen LogP contribution in [0.4, 0.5) is 5.69 Å². The van der Waals surface area contributed by atoms with Crippen LogP contribution in [-0.4, -0.2) is 21.8 Å². The lowest BCUT2D eigenvalue weighted by atomic mass is 9.89. The van der Waals surface area contributed by atoms with E-state index in [1.165, 1.54) is 6.33 Å². The molecule has 0 saturated carbocycles. The molecule has 6 nitrogen and oxygen atoms in total. The van der Waals surface area contributed by atoms with Crippen molar-refractivity contribution in [3.8, 4) is 0 Å². The molecule has 96 valence electrons. The lowest BCUT2D eigenvalue weighted by Crippen LogP contribution is -2.39. The fraction of sp³-hybridized carbons (Fsp3) is 0.231. The highest BCUT2D eigenvalue weighted by molar-refractivity contribution is 6.01. The van der Waals surface area contributed by atoms with Gasteiger partial charge in [0.15, 0.2) is 0 Å². The van der Waals surface area contributed by atoms with Gasteiger partial charge in [0.2, 0.25) is 11.8 Å². The summed E-state index contributed by atoms with van der Waals surface area (Å²) >= 11 is 0. The molecule has 19 heavy (non-hydrogen) atoms. The molecule has 2 heterocycles. The van der Waals surface area contributed by atoms with Gasteiger partial charge in [-0.1, -0.05) is 0 Å². The van der Waals surface area contributed by atoms with Crippen LogP contribution >= 0.6 is 0 Å². The molecule has 0 bridgehead atoms. The van der Waals surface area contributed by atoms with Gasteiger partial charge >= 0.3 is 0 Å². The number of carbonyl (C=O) groups is 2. The first-order valence-corrected chi connectivity index (χ1v) is 5.98. The summed E-state index contributed by atoms with van der Waals surface area (Å²) < 4.78 is 0. The molecule has 6 heteroatoms. The standard InChI is InChI=1S/C13H12N4O2/c14-10-3-7(4-11-9(10)5-15-6-16-11)8-1-2-12(18)17-13(8)19/h3-6,8H,1-2,14H2,(H,17,18,19). The van der Waals surface area contributed by atoms with E-state index < -0.39 is 0 Å². The third-order valence-corrected chi connectivity index (χ3v) is 3.32. The third kappa shape index (κ3) is 2.01. The average Bonchev–Trinajstić information content (AvgIpc) is 2.38. The number of imide groups is 1. The van der Waals surface area contributed by atoms with E-state index in [9.17, 15) is 9.59 Å². The number of amides is 2. The SMILES string of the molecule is Nc1cc(C2CCC(=O)NC2=O)cc2ncncc12. The molecular weight excluding hydrogens is 244 g/mol. The zero-order valence-corrected chi connectivity index (χ0v) is 10.1. The van der Waals surface area contributed by atoms with Crippen LogP contribution < -0.4 is 11.1 Å². The first-order chi connectivity index (χ1) is 9.15. The monoisotopic (exact) mass is 256 g/mol. The summed E-state index contributed by atoms with van der Waals surface area (Å²) in [6.07, 6.45) is 3.93. The summed E-state index contributed by atoms with van der Waals surface area (Å²) in [4.78, 5) is 31.1. The van der Waals surface area contributed by atoms with Crippen LogP contribution in [0.3, 0.4) is 0 Å². The van der Waals surface area contributed by atoms with E-state index in [1.54, 1.807) is 12.3 Å². The largest absolute Gasteiger partial charge is 0.398 e. The number of rotatable bonds is 1. The molecule has 3 rings (SSSR count). The van der Waals surface area contributed by atoms with E-state index in [-0.39, 0.29) is 17.7 Å². The van der Waals surface area contributed by atoms with Gasteiger partial charge in [0.1, 0.15) is 6.33 Å². The molecule has 1 saturated heterocycles. The van der Waals surface area contributed by atoms with Crippen LogP contribution in [0.25, 0.3) is 10.9 Å². The van der Waals surface area contributed by atoms with Crippen molar-refractivity contribution in [2.45, 2.75) is 18.8 Å². The van der Waals surface area contributed by atoms with Crippen molar-refractivity contribution in [2.75, 3.05) is 5.73 Å². The van der Waals surface area contributed by atoms with E-state index in [0.717, 1.165) is 10.9 Å². The van der Waals surface area contributed by atoms with Crippen molar-refractivity contribution in [1.82, 2.24) is 15.3 Å². The maximum atomic E-state index is 11.8. The zero-order valence-electron chi connectivity index (χ0n) is 10.1. The predicted octanol–water partition coefficient (Wildman–Crippen LogP) is 0.732. The molecule has 3 N–H and O–H groups in total. The molecule has 2 amide bonds. The van der Waals surface area contributed by atoms with Gasteiger partial charge in [-0.15, -0.1) is 0 Å². The molecule has 1 fully saturated rings. The van der Waals surface area contributed by atoms with E-state index in [1.807, 2.05) is 6.07 Å². The van der Waals surface area contributed by atoms with E-state index in [4.69, 9.17) is 5.73 Å². The second-order valence-corrected chi connectivity index (χ2v) is 4.57. The number of aromatic nitrogens is 2. The molecule has 2 aromatic rings. The van der Waals surface area contributed by atoms with Crippen LogP contribution in [0.2, 0.25) is 0 Å². The summed E-state index contributed by atoms with van der Waals surface area (Å²) in [5.41, 5.74) is 7.99. The minimum atomic E-state index is -0.348. The number of carbonyl (C=O) groups excluding carboxylic acids is 2. The molecule has 0 aliphatic carbocycles. The smallest absolute Gasteiger partial charge is 0.234 e. The molecule has 1 unspecified atom stereocenters. The Balaban J connectivity index is 2.06. The maximum absolute atomic E-state index is 11.8. The van der Waals surface area contributed by atoms with Crippen molar-refractivity contribution in [1.29, 1.82) is 0 Å². The molecule has 1 aliphatic heterocycles. The number of anilines is 1. The summed E-state index contributed by atoms with van der Waals surface area (Å²) in [6.45, 7) is 0. The molecule has 1 aromatic heterocycles. The maximum Gasteiger partial charge on any atom is 0.234 e. The fourth-order valence-corrected chi connectivity index (χ4v) is 2.35. The van der Waals surface area contributed by atoms with Crippen LogP contribution in [0, 0.1) is 0 Å². The number of nitrogens with one attached hydrogen (secondary N) is 1. The number of hydrogen-bond donors (Lipinski definition) is 2. The Kier molecular flexibility index (Phi) is 2.63. The Bertz CT molecular complexity index is 683. The number of nitrogen functional groups attached to an aromatic ring is 1. The number of nitrogens with two attached hydrogens (primary N) is 1. The van der Waals surface area contributed by atoms with E-state index in [0.29, 0.717) is 24.0 Å². The highest BCUT2D eigenvalue weighted by Gasteiger charge is 2.28. The first kappa shape index (κ1) is 11.6.